The predicted molar refractivity (Wildman–Crippen MR) is 38.5 cm³/mol. The van der Waals surface area contributed by atoms with Gasteiger partial charge < -0.3 is 4.74 Å². The topological polar surface area (TPSA) is 26.3 Å². The van der Waals surface area contributed by atoms with Crippen molar-refractivity contribution in [3.8, 4) is 0 Å². The molecule has 0 aromatic carbocycles. The predicted octanol–water partition coefficient (Wildman–Crippen LogP) is 1.66. The molecule has 0 heterocycles. The van der Waals surface area contributed by atoms with Gasteiger partial charge in [-0.15, -0.1) is 0 Å². The van der Waals surface area contributed by atoms with E-state index in [2.05, 4.69) is 6.58 Å². The summed E-state index contributed by atoms with van der Waals surface area (Å²) in [6.45, 7) is 5.27. The molecule has 1 saturated carbocycles. The van der Waals surface area contributed by atoms with E-state index < -0.39 is 0 Å². The van der Waals surface area contributed by atoms with E-state index >= 15 is 0 Å². The van der Waals surface area contributed by atoms with Crippen molar-refractivity contribution in [2.45, 2.75) is 32.3 Å². The van der Waals surface area contributed by atoms with Crippen molar-refractivity contribution >= 4 is 5.97 Å². The molecule has 0 amide bonds. The first kappa shape index (κ1) is 7.32. The summed E-state index contributed by atoms with van der Waals surface area (Å²) in [5.74, 6) is -0.181. The molecule has 1 aliphatic carbocycles. The Kier molecular flexibility index (Phi) is 2.10. The van der Waals surface area contributed by atoms with Crippen molar-refractivity contribution in [1.29, 1.82) is 0 Å². The van der Waals surface area contributed by atoms with Crippen molar-refractivity contribution in [3.05, 3.63) is 12.2 Å². The minimum atomic E-state index is -0.181. The Balaban J connectivity index is 2.31. The summed E-state index contributed by atoms with van der Waals surface area (Å²) in [4.78, 5) is 10.5. The van der Waals surface area contributed by atoms with Crippen LogP contribution in [0.1, 0.15) is 26.2 Å². The van der Waals surface area contributed by atoms with Gasteiger partial charge >= 0.3 is 5.97 Å². The van der Waals surface area contributed by atoms with Gasteiger partial charge in [-0.05, 0) is 12.8 Å². The van der Waals surface area contributed by atoms with Gasteiger partial charge in [-0.25, -0.2) is 0 Å². The Bertz CT molecular complexity index is 161. The Morgan fingerprint density at radius 2 is 2.50 bits per heavy atom. The number of ether oxygens (including phenoxy) is 1. The highest BCUT2D eigenvalue weighted by Gasteiger charge is 2.19. The van der Waals surface area contributed by atoms with Crippen molar-refractivity contribution in [2.75, 3.05) is 0 Å². The first-order valence-electron chi connectivity index (χ1n) is 3.52. The van der Waals surface area contributed by atoms with E-state index in [0.717, 1.165) is 19.3 Å². The zero-order chi connectivity index (χ0) is 7.56. The molecule has 0 N–H and O–H groups in total. The summed E-state index contributed by atoms with van der Waals surface area (Å²) in [5, 5.41) is 0. The van der Waals surface area contributed by atoms with Crippen LogP contribution in [0.25, 0.3) is 0 Å². The molecule has 1 rings (SSSR count). The lowest BCUT2D eigenvalue weighted by molar-refractivity contribution is -0.145. The Morgan fingerprint density at radius 1 is 1.80 bits per heavy atom. The number of esters is 1. The second-order valence-electron chi connectivity index (χ2n) is 2.72. The van der Waals surface area contributed by atoms with Crippen LogP contribution in [0.2, 0.25) is 0 Å². The summed E-state index contributed by atoms with van der Waals surface area (Å²) < 4.78 is 4.98. The summed E-state index contributed by atoms with van der Waals surface area (Å²) in [5.41, 5.74) is 1.20. The average Bonchev–Trinajstić information content (AvgIpc) is 2.13. The third kappa shape index (κ3) is 1.87. The number of hydrogen-bond acceptors (Lipinski definition) is 2. The van der Waals surface area contributed by atoms with Gasteiger partial charge in [0.1, 0.15) is 6.10 Å². The molecular weight excluding hydrogens is 128 g/mol. The molecule has 10 heavy (non-hydrogen) atoms. The fourth-order valence-corrected chi connectivity index (χ4v) is 1.23. The van der Waals surface area contributed by atoms with Gasteiger partial charge in [0, 0.05) is 13.3 Å². The maximum atomic E-state index is 10.5. The van der Waals surface area contributed by atoms with Crippen LogP contribution in [0, 0.1) is 0 Å². The smallest absolute Gasteiger partial charge is 0.302 e. The molecule has 0 aliphatic heterocycles. The van der Waals surface area contributed by atoms with E-state index in [0.29, 0.717) is 0 Å². The molecule has 0 saturated heterocycles. The normalized spacial score (nSPS) is 24.9. The molecule has 0 bridgehead atoms. The van der Waals surface area contributed by atoms with Gasteiger partial charge in [0.15, 0.2) is 0 Å². The molecule has 0 spiro atoms. The minimum Gasteiger partial charge on any atom is -0.462 e. The Labute approximate surface area is 60.9 Å². The lowest BCUT2D eigenvalue weighted by atomic mass is 10.3. The lowest BCUT2D eigenvalue weighted by Gasteiger charge is -2.07. The van der Waals surface area contributed by atoms with Gasteiger partial charge in [0.25, 0.3) is 0 Å². The molecule has 0 radical (unpaired) electrons. The van der Waals surface area contributed by atoms with Crippen molar-refractivity contribution in [2.24, 2.45) is 0 Å². The Hall–Kier alpha value is -0.790. The van der Waals surface area contributed by atoms with Crippen LogP contribution in [-0.2, 0) is 9.53 Å². The van der Waals surface area contributed by atoms with Crippen LogP contribution in [0.5, 0.6) is 0 Å². The first-order chi connectivity index (χ1) is 4.68. The van der Waals surface area contributed by atoms with E-state index in [1.807, 2.05) is 0 Å². The van der Waals surface area contributed by atoms with Crippen molar-refractivity contribution in [1.82, 2.24) is 0 Å². The van der Waals surface area contributed by atoms with E-state index in [1.54, 1.807) is 0 Å². The fourth-order valence-electron chi connectivity index (χ4n) is 1.23. The van der Waals surface area contributed by atoms with E-state index in [-0.39, 0.29) is 12.1 Å². The number of hydrogen-bond donors (Lipinski definition) is 0. The summed E-state index contributed by atoms with van der Waals surface area (Å²) in [7, 11) is 0. The second-order valence-corrected chi connectivity index (χ2v) is 2.72. The summed E-state index contributed by atoms with van der Waals surface area (Å²) >= 11 is 0. The molecule has 2 nitrogen and oxygen atoms in total. The van der Waals surface area contributed by atoms with Gasteiger partial charge in [0.2, 0.25) is 0 Å². The van der Waals surface area contributed by atoms with E-state index in [1.165, 1.54) is 12.5 Å². The van der Waals surface area contributed by atoms with Crippen molar-refractivity contribution < 1.29 is 9.53 Å². The minimum absolute atomic E-state index is 0.116. The standard InChI is InChI=1S/C8H12O2/c1-6-3-4-8(5-6)10-7(2)9/h8H,1,3-5H2,2H3. The third-order valence-electron chi connectivity index (χ3n) is 1.67. The zero-order valence-electron chi connectivity index (χ0n) is 6.22. The maximum Gasteiger partial charge on any atom is 0.302 e. The second kappa shape index (κ2) is 2.86. The maximum absolute atomic E-state index is 10.5. The van der Waals surface area contributed by atoms with E-state index in [4.69, 9.17) is 4.74 Å². The third-order valence-corrected chi connectivity index (χ3v) is 1.67. The van der Waals surface area contributed by atoms with Gasteiger partial charge in [0.05, 0.1) is 0 Å². The Morgan fingerprint density at radius 3 is 2.90 bits per heavy atom. The monoisotopic (exact) mass is 140 g/mol. The molecule has 2 heteroatoms. The van der Waals surface area contributed by atoms with E-state index in [9.17, 15) is 4.79 Å². The SMILES string of the molecule is C=C1CCC(OC(C)=O)C1. The molecule has 1 atom stereocenters. The quantitative estimate of drug-likeness (QED) is 0.409. The molecule has 56 valence electrons. The molecule has 1 fully saturated rings. The average molecular weight is 140 g/mol. The van der Waals surface area contributed by atoms with Crippen LogP contribution in [0.3, 0.4) is 0 Å². The lowest BCUT2D eigenvalue weighted by Crippen LogP contribution is -2.11. The fraction of sp³-hybridized carbons (Fsp3) is 0.625. The van der Waals surface area contributed by atoms with Crippen molar-refractivity contribution in [3.63, 3.8) is 0 Å². The molecule has 0 aromatic rings. The number of rotatable bonds is 1. The van der Waals surface area contributed by atoms with Crippen LogP contribution < -0.4 is 0 Å². The molecule has 1 aliphatic rings. The molecule has 0 aromatic heterocycles. The van der Waals surface area contributed by atoms with Gasteiger partial charge in [-0.3, -0.25) is 4.79 Å². The van der Waals surface area contributed by atoms with Crippen LogP contribution in [-0.4, -0.2) is 12.1 Å². The zero-order valence-corrected chi connectivity index (χ0v) is 6.22. The highest BCUT2D eigenvalue weighted by atomic mass is 16.5. The van der Waals surface area contributed by atoms with Crippen LogP contribution in [0.15, 0.2) is 12.2 Å². The molecular formula is C8H12O2. The largest absolute Gasteiger partial charge is 0.462 e. The van der Waals surface area contributed by atoms with Gasteiger partial charge in [-0.1, -0.05) is 12.2 Å². The number of carbonyl (C=O) groups excluding carboxylic acids is 1. The molecule has 1 unspecified atom stereocenters. The summed E-state index contributed by atoms with van der Waals surface area (Å²) in [6.07, 6.45) is 2.95. The number of carbonyl (C=O) groups is 1. The van der Waals surface area contributed by atoms with Crippen LogP contribution in [0.4, 0.5) is 0 Å². The first-order valence-corrected chi connectivity index (χ1v) is 3.52. The summed E-state index contributed by atoms with van der Waals surface area (Å²) in [6, 6.07) is 0. The van der Waals surface area contributed by atoms with Crippen LogP contribution >= 0.6 is 0 Å². The van der Waals surface area contributed by atoms with Gasteiger partial charge in [-0.2, -0.15) is 0 Å². The highest BCUT2D eigenvalue weighted by molar-refractivity contribution is 5.66. The highest BCUT2D eigenvalue weighted by Crippen LogP contribution is 2.25.